The molecule has 17 heavy (non-hydrogen) atoms. The average Bonchev–Trinajstić information content (AvgIpc) is 2.20. The predicted molar refractivity (Wildman–Crippen MR) is 63.3 cm³/mol. The van der Waals surface area contributed by atoms with Crippen molar-refractivity contribution >= 4 is 16.0 Å². The Morgan fingerprint density at radius 1 is 1.35 bits per heavy atom. The van der Waals surface area contributed by atoms with Crippen LogP contribution in [0.15, 0.2) is 23.1 Å². The maximum absolute atomic E-state index is 11.9. The van der Waals surface area contributed by atoms with Crippen LogP contribution in [0.4, 0.5) is 0 Å². The number of benzene rings is 1. The third-order valence-corrected chi connectivity index (χ3v) is 4.02. The third-order valence-electron chi connectivity index (χ3n) is 2.34. The standard InChI is InChI=1S/C11H15NO4S/c1-7-4-5-8(2)10(6-7)17(15,16)12-9(3)11(13)14/h4-6,9,12H,1-3H3,(H,13,14)/t9-/m1/s1. The number of nitrogens with one attached hydrogen (secondary N) is 1. The molecule has 0 aromatic heterocycles. The van der Waals surface area contributed by atoms with E-state index in [9.17, 15) is 13.2 Å². The molecule has 6 heteroatoms. The number of rotatable bonds is 4. The van der Waals surface area contributed by atoms with Gasteiger partial charge in [0.25, 0.3) is 0 Å². The summed E-state index contributed by atoms with van der Waals surface area (Å²) in [6.45, 7) is 4.73. The van der Waals surface area contributed by atoms with Crippen LogP contribution >= 0.6 is 0 Å². The molecule has 1 rings (SSSR count). The molecule has 0 radical (unpaired) electrons. The normalized spacial score (nSPS) is 13.4. The Hall–Kier alpha value is -1.40. The molecule has 0 aliphatic carbocycles. The number of aliphatic carboxylic acids is 1. The van der Waals surface area contributed by atoms with Crippen molar-refractivity contribution in [2.24, 2.45) is 0 Å². The number of aryl methyl sites for hydroxylation is 2. The molecule has 0 heterocycles. The van der Waals surface area contributed by atoms with Crippen LogP contribution in [0.1, 0.15) is 18.1 Å². The van der Waals surface area contributed by atoms with Gasteiger partial charge in [-0.05, 0) is 38.0 Å². The van der Waals surface area contributed by atoms with Crippen molar-refractivity contribution in [1.82, 2.24) is 4.72 Å². The first kappa shape index (κ1) is 13.7. The first-order chi connectivity index (χ1) is 7.74. The van der Waals surface area contributed by atoms with Gasteiger partial charge in [-0.2, -0.15) is 4.72 Å². The second-order valence-electron chi connectivity index (χ2n) is 3.95. The Morgan fingerprint density at radius 3 is 2.47 bits per heavy atom. The lowest BCUT2D eigenvalue weighted by molar-refractivity contribution is -0.138. The molecule has 5 nitrogen and oxygen atoms in total. The van der Waals surface area contributed by atoms with E-state index in [1.807, 2.05) is 0 Å². The monoisotopic (exact) mass is 257 g/mol. The SMILES string of the molecule is Cc1ccc(C)c(S(=O)(=O)N[C@H](C)C(=O)O)c1. The summed E-state index contributed by atoms with van der Waals surface area (Å²) >= 11 is 0. The molecule has 2 N–H and O–H groups in total. The minimum atomic E-state index is -3.79. The number of sulfonamides is 1. The highest BCUT2D eigenvalue weighted by atomic mass is 32.2. The summed E-state index contributed by atoms with van der Waals surface area (Å²) in [5.41, 5.74) is 1.39. The topological polar surface area (TPSA) is 83.5 Å². The average molecular weight is 257 g/mol. The lowest BCUT2D eigenvalue weighted by atomic mass is 10.2. The van der Waals surface area contributed by atoms with E-state index in [1.54, 1.807) is 26.0 Å². The minimum Gasteiger partial charge on any atom is -0.480 e. The van der Waals surface area contributed by atoms with Crippen molar-refractivity contribution in [3.63, 3.8) is 0 Å². The molecular formula is C11H15NO4S. The van der Waals surface area contributed by atoms with E-state index < -0.39 is 22.0 Å². The number of carboxylic acid groups (broad SMARTS) is 1. The fourth-order valence-electron chi connectivity index (χ4n) is 1.34. The van der Waals surface area contributed by atoms with Crippen molar-refractivity contribution in [3.8, 4) is 0 Å². The molecule has 1 atom stereocenters. The molecular weight excluding hydrogens is 242 g/mol. The van der Waals surface area contributed by atoms with E-state index in [0.29, 0.717) is 5.56 Å². The van der Waals surface area contributed by atoms with E-state index in [-0.39, 0.29) is 4.90 Å². The van der Waals surface area contributed by atoms with Gasteiger partial charge in [0.15, 0.2) is 0 Å². The fourth-order valence-corrected chi connectivity index (χ4v) is 2.87. The van der Waals surface area contributed by atoms with Gasteiger partial charge in [0.2, 0.25) is 10.0 Å². The van der Waals surface area contributed by atoms with Crippen LogP contribution in [0.25, 0.3) is 0 Å². The van der Waals surface area contributed by atoms with Gasteiger partial charge in [-0.3, -0.25) is 4.79 Å². The molecule has 94 valence electrons. The molecule has 1 aromatic rings. The second-order valence-corrected chi connectivity index (χ2v) is 5.63. The molecule has 1 aromatic carbocycles. The zero-order chi connectivity index (χ0) is 13.2. The molecule has 0 bridgehead atoms. The van der Waals surface area contributed by atoms with Gasteiger partial charge in [0.05, 0.1) is 4.90 Å². The van der Waals surface area contributed by atoms with E-state index in [2.05, 4.69) is 4.72 Å². The molecule has 0 amide bonds. The lowest BCUT2D eigenvalue weighted by Crippen LogP contribution is -2.38. The Kier molecular flexibility index (Phi) is 3.90. The summed E-state index contributed by atoms with van der Waals surface area (Å²) in [7, 11) is -3.79. The van der Waals surface area contributed by atoms with Gasteiger partial charge in [0, 0.05) is 0 Å². The van der Waals surface area contributed by atoms with Crippen LogP contribution in [-0.2, 0) is 14.8 Å². The summed E-state index contributed by atoms with van der Waals surface area (Å²) in [4.78, 5) is 10.7. The second kappa shape index (κ2) is 4.85. The van der Waals surface area contributed by atoms with Gasteiger partial charge < -0.3 is 5.11 Å². The molecule has 0 aliphatic heterocycles. The number of carbonyl (C=O) groups is 1. The van der Waals surface area contributed by atoms with E-state index >= 15 is 0 Å². The zero-order valence-corrected chi connectivity index (χ0v) is 10.7. The molecule has 0 fully saturated rings. The summed E-state index contributed by atoms with van der Waals surface area (Å²) in [5.74, 6) is -1.21. The van der Waals surface area contributed by atoms with Crippen molar-refractivity contribution in [3.05, 3.63) is 29.3 Å². The van der Waals surface area contributed by atoms with Crippen LogP contribution in [-0.4, -0.2) is 25.5 Å². The van der Waals surface area contributed by atoms with Crippen LogP contribution in [0, 0.1) is 13.8 Å². The van der Waals surface area contributed by atoms with Crippen molar-refractivity contribution < 1.29 is 18.3 Å². The Balaban J connectivity index is 3.13. The van der Waals surface area contributed by atoms with Gasteiger partial charge in [-0.1, -0.05) is 12.1 Å². The summed E-state index contributed by atoms with van der Waals surface area (Å²) in [6, 6.07) is 3.86. The zero-order valence-electron chi connectivity index (χ0n) is 9.89. The van der Waals surface area contributed by atoms with E-state index in [4.69, 9.17) is 5.11 Å². The van der Waals surface area contributed by atoms with Crippen molar-refractivity contribution in [2.75, 3.05) is 0 Å². The first-order valence-electron chi connectivity index (χ1n) is 5.06. The molecule has 0 unspecified atom stereocenters. The smallest absolute Gasteiger partial charge is 0.321 e. The third kappa shape index (κ3) is 3.28. The maximum atomic E-state index is 11.9. The Morgan fingerprint density at radius 2 is 1.94 bits per heavy atom. The van der Waals surface area contributed by atoms with E-state index in [1.165, 1.54) is 13.0 Å². The van der Waals surface area contributed by atoms with Crippen LogP contribution in [0.3, 0.4) is 0 Å². The Bertz CT molecular complexity index is 536. The lowest BCUT2D eigenvalue weighted by Gasteiger charge is -2.12. The molecule has 0 saturated heterocycles. The summed E-state index contributed by atoms with van der Waals surface area (Å²) in [5, 5.41) is 8.69. The first-order valence-corrected chi connectivity index (χ1v) is 6.55. The highest BCUT2D eigenvalue weighted by molar-refractivity contribution is 7.89. The molecule has 0 spiro atoms. The summed E-state index contributed by atoms with van der Waals surface area (Å²) in [6.07, 6.45) is 0. The number of hydrogen-bond donors (Lipinski definition) is 2. The van der Waals surface area contributed by atoms with Crippen molar-refractivity contribution in [1.29, 1.82) is 0 Å². The van der Waals surface area contributed by atoms with Gasteiger partial charge >= 0.3 is 5.97 Å². The van der Waals surface area contributed by atoms with Crippen LogP contribution < -0.4 is 4.72 Å². The van der Waals surface area contributed by atoms with Crippen molar-refractivity contribution in [2.45, 2.75) is 31.7 Å². The fraction of sp³-hybridized carbons (Fsp3) is 0.364. The van der Waals surface area contributed by atoms with E-state index in [0.717, 1.165) is 5.56 Å². The van der Waals surface area contributed by atoms with Crippen LogP contribution in [0.5, 0.6) is 0 Å². The highest BCUT2D eigenvalue weighted by Crippen LogP contribution is 2.16. The van der Waals surface area contributed by atoms with Gasteiger partial charge in [-0.15, -0.1) is 0 Å². The van der Waals surface area contributed by atoms with Crippen LogP contribution in [0.2, 0.25) is 0 Å². The maximum Gasteiger partial charge on any atom is 0.321 e. The molecule has 0 saturated carbocycles. The molecule has 0 aliphatic rings. The number of carboxylic acids is 1. The highest BCUT2D eigenvalue weighted by Gasteiger charge is 2.22. The predicted octanol–water partition coefficient (Wildman–Crippen LogP) is 1.05. The minimum absolute atomic E-state index is 0.116. The quantitative estimate of drug-likeness (QED) is 0.844. The summed E-state index contributed by atoms with van der Waals surface area (Å²) < 4.78 is 26.0. The Labute approximate surface area is 101 Å². The van der Waals surface area contributed by atoms with Gasteiger partial charge in [0.1, 0.15) is 6.04 Å². The number of hydrogen-bond acceptors (Lipinski definition) is 3. The largest absolute Gasteiger partial charge is 0.480 e. The van der Waals surface area contributed by atoms with Gasteiger partial charge in [-0.25, -0.2) is 8.42 Å².